The second-order valence-corrected chi connectivity index (χ2v) is 11.4. The lowest BCUT2D eigenvalue weighted by Crippen LogP contribution is -2.54. The average molecular weight is 540 g/mol. The zero-order chi connectivity index (χ0) is 29.3. The number of unbranched alkanes of at least 4 members (excludes halogenated alkanes) is 2. The standard InChI is InChI=1S/C31H45N3O5/c1-9-10-11-18-34(29(37)25(20(2)3)33-30(38)39-31(6,7)8)27(23-16-13-17-24(35)19-23)28(36)32-26-21(4)14-12-15-22(26)5/h12-17,19-20,25,27,35H,9-11,18H2,1-8H3,(H,32,36)(H,33,38). The molecule has 0 saturated carbocycles. The summed E-state index contributed by atoms with van der Waals surface area (Å²) in [6, 6.07) is 10.2. The van der Waals surface area contributed by atoms with Crippen molar-refractivity contribution < 1.29 is 24.2 Å². The Morgan fingerprint density at radius 1 is 1.00 bits per heavy atom. The van der Waals surface area contributed by atoms with Crippen LogP contribution in [-0.4, -0.2) is 46.1 Å². The number of aryl methyl sites for hydroxylation is 2. The molecule has 0 spiro atoms. The molecule has 0 aliphatic rings. The Morgan fingerprint density at radius 2 is 1.62 bits per heavy atom. The number of ether oxygens (including phenoxy) is 1. The Hall–Kier alpha value is -3.55. The van der Waals surface area contributed by atoms with Crippen LogP contribution >= 0.6 is 0 Å². The molecule has 2 rings (SSSR count). The molecule has 3 N–H and O–H groups in total. The van der Waals surface area contributed by atoms with Gasteiger partial charge in [0.15, 0.2) is 0 Å². The van der Waals surface area contributed by atoms with Gasteiger partial charge in [-0.2, -0.15) is 0 Å². The summed E-state index contributed by atoms with van der Waals surface area (Å²) in [6.45, 7) is 15.1. The molecule has 214 valence electrons. The Labute approximate surface area is 233 Å². The van der Waals surface area contributed by atoms with Gasteiger partial charge in [0.05, 0.1) is 0 Å². The number of para-hydroxylation sites is 1. The zero-order valence-electron chi connectivity index (χ0n) is 24.6. The molecule has 0 heterocycles. The van der Waals surface area contributed by atoms with Crippen LogP contribution in [0.4, 0.5) is 10.5 Å². The third-order valence-electron chi connectivity index (χ3n) is 6.37. The van der Waals surface area contributed by atoms with Crippen molar-refractivity contribution in [3.8, 4) is 5.75 Å². The summed E-state index contributed by atoms with van der Waals surface area (Å²) in [5.74, 6) is -1.07. The fourth-order valence-electron chi connectivity index (χ4n) is 4.40. The minimum absolute atomic E-state index is 0.00869. The summed E-state index contributed by atoms with van der Waals surface area (Å²) in [5, 5.41) is 16.0. The monoisotopic (exact) mass is 539 g/mol. The Bertz CT molecular complexity index is 1120. The van der Waals surface area contributed by atoms with Crippen molar-refractivity contribution in [2.45, 2.75) is 92.3 Å². The van der Waals surface area contributed by atoms with Crippen LogP contribution in [0.2, 0.25) is 0 Å². The third kappa shape index (κ3) is 9.30. The van der Waals surface area contributed by atoms with Gasteiger partial charge in [-0.1, -0.05) is 63.9 Å². The van der Waals surface area contributed by atoms with Gasteiger partial charge in [-0.25, -0.2) is 4.79 Å². The third-order valence-corrected chi connectivity index (χ3v) is 6.37. The molecule has 8 heteroatoms. The number of nitrogens with one attached hydrogen (secondary N) is 2. The first-order chi connectivity index (χ1) is 18.2. The maximum atomic E-state index is 14.2. The number of anilines is 1. The minimum Gasteiger partial charge on any atom is -0.508 e. The van der Waals surface area contributed by atoms with Crippen LogP contribution in [0.1, 0.15) is 83.5 Å². The molecule has 0 saturated heterocycles. The number of benzene rings is 2. The number of carbonyl (C=O) groups is 3. The van der Waals surface area contributed by atoms with Crippen molar-refractivity contribution in [1.82, 2.24) is 10.2 Å². The molecule has 0 aliphatic heterocycles. The molecule has 0 radical (unpaired) electrons. The summed E-state index contributed by atoms with van der Waals surface area (Å²) in [4.78, 5) is 42.4. The first kappa shape index (κ1) is 31.7. The summed E-state index contributed by atoms with van der Waals surface area (Å²) < 4.78 is 5.43. The maximum absolute atomic E-state index is 14.2. The lowest BCUT2D eigenvalue weighted by Gasteiger charge is -2.36. The van der Waals surface area contributed by atoms with Gasteiger partial charge in [-0.05, 0) is 75.8 Å². The predicted octanol–water partition coefficient (Wildman–Crippen LogP) is 6.26. The van der Waals surface area contributed by atoms with E-state index >= 15 is 0 Å². The molecule has 0 aromatic heterocycles. The van der Waals surface area contributed by atoms with Crippen LogP contribution in [0.25, 0.3) is 0 Å². The van der Waals surface area contributed by atoms with Gasteiger partial charge in [-0.15, -0.1) is 0 Å². The lowest BCUT2D eigenvalue weighted by molar-refractivity contribution is -0.141. The zero-order valence-corrected chi connectivity index (χ0v) is 24.6. The number of phenols is 1. The van der Waals surface area contributed by atoms with E-state index in [1.165, 1.54) is 17.0 Å². The number of phenolic OH excluding ortho intramolecular Hbond substituents is 1. The van der Waals surface area contributed by atoms with E-state index in [2.05, 4.69) is 17.6 Å². The first-order valence-corrected chi connectivity index (χ1v) is 13.7. The maximum Gasteiger partial charge on any atom is 0.408 e. The van der Waals surface area contributed by atoms with Crippen LogP contribution < -0.4 is 10.6 Å². The Morgan fingerprint density at radius 3 is 2.15 bits per heavy atom. The highest BCUT2D eigenvalue weighted by Crippen LogP contribution is 2.29. The molecular weight excluding hydrogens is 494 g/mol. The second-order valence-electron chi connectivity index (χ2n) is 11.4. The highest BCUT2D eigenvalue weighted by atomic mass is 16.6. The highest BCUT2D eigenvalue weighted by Gasteiger charge is 2.37. The number of rotatable bonds is 11. The Kier molecular flexibility index (Phi) is 11.4. The molecule has 8 nitrogen and oxygen atoms in total. The van der Waals surface area contributed by atoms with Crippen molar-refractivity contribution in [2.24, 2.45) is 5.92 Å². The van der Waals surface area contributed by atoms with E-state index < -0.39 is 35.6 Å². The fraction of sp³-hybridized carbons (Fsp3) is 0.516. The van der Waals surface area contributed by atoms with Gasteiger partial charge in [0.1, 0.15) is 23.4 Å². The number of hydrogen-bond acceptors (Lipinski definition) is 5. The van der Waals surface area contributed by atoms with Crippen molar-refractivity contribution in [3.63, 3.8) is 0 Å². The van der Waals surface area contributed by atoms with Crippen LogP contribution in [0.15, 0.2) is 42.5 Å². The smallest absolute Gasteiger partial charge is 0.408 e. The van der Waals surface area contributed by atoms with E-state index in [0.29, 0.717) is 24.2 Å². The number of alkyl carbamates (subject to hydrolysis) is 1. The minimum atomic E-state index is -1.04. The van der Waals surface area contributed by atoms with E-state index in [0.717, 1.165) is 24.0 Å². The molecule has 0 fully saturated rings. The van der Waals surface area contributed by atoms with Gasteiger partial charge in [-0.3, -0.25) is 9.59 Å². The molecule has 39 heavy (non-hydrogen) atoms. The van der Waals surface area contributed by atoms with Crippen molar-refractivity contribution in [3.05, 3.63) is 59.2 Å². The summed E-state index contributed by atoms with van der Waals surface area (Å²) in [7, 11) is 0. The summed E-state index contributed by atoms with van der Waals surface area (Å²) in [5.41, 5.74) is 2.22. The van der Waals surface area contributed by atoms with E-state index in [9.17, 15) is 19.5 Å². The second kappa shape index (κ2) is 14.0. The summed E-state index contributed by atoms with van der Waals surface area (Å²) >= 11 is 0. The fourth-order valence-corrected chi connectivity index (χ4v) is 4.40. The number of nitrogens with zero attached hydrogens (tertiary/aromatic N) is 1. The van der Waals surface area contributed by atoms with Crippen molar-refractivity contribution in [2.75, 3.05) is 11.9 Å². The van der Waals surface area contributed by atoms with Crippen molar-refractivity contribution in [1.29, 1.82) is 0 Å². The van der Waals surface area contributed by atoms with Gasteiger partial charge in [0.25, 0.3) is 5.91 Å². The van der Waals surface area contributed by atoms with E-state index in [1.54, 1.807) is 32.9 Å². The summed E-state index contributed by atoms with van der Waals surface area (Å²) in [6.07, 6.45) is 1.76. The van der Waals surface area contributed by atoms with Gasteiger partial charge >= 0.3 is 6.09 Å². The SMILES string of the molecule is CCCCCN(C(=O)C(NC(=O)OC(C)(C)C)C(C)C)C(C(=O)Nc1c(C)cccc1C)c1cccc(O)c1. The molecule has 2 aromatic carbocycles. The molecule has 3 amide bonds. The van der Waals surface area contributed by atoms with Gasteiger partial charge in [0.2, 0.25) is 5.91 Å². The average Bonchev–Trinajstić information content (AvgIpc) is 2.82. The molecule has 0 aliphatic carbocycles. The predicted molar refractivity (Wildman–Crippen MR) is 155 cm³/mol. The van der Waals surface area contributed by atoms with E-state index in [-0.39, 0.29) is 11.7 Å². The number of amides is 3. The molecule has 2 aromatic rings. The number of carbonyl (C=O) groups excluding carboxylic acids is 3. The first-order valence-electron chi connectivity index (χ1n) is 13.7. The highest BCUT2D eigenvalue weighted by molar-refractivity contribution is 6.00. The van der Waals surface area contributed by atoms with Crippen LogP contribution in [0.3, 0.4) is 0 Å². The Balaban J connectivity index is 2.57. The molecule has 2 unspecified atom stereocenters. The van der Waals surface area contributed by atoms with Crippen LogP contribution in [0.5, 0.6) is 5.75 Å². The number of hydrogen-bond donors (Lipinski definition) is 3. The molecule has 2 atom stereocenters. The van der Waals surface area contributed by atoms with Crippen LogP contribution in [0, 0.1) is 19.8 Å². The normalized spacial score (nSPS) is 12.9. The number of aromatic hydroxyl groups is 1. The van der Waals surface area contributed by atoms with Gasteiger partial charge in [0, 0.05) is 12.2 Å². The largest absolute Gasteiger partial charge is 0.508 e. The van der Waals surface area contributed by atoms with Gasteiger partial charge < -0.3 is 25.4 Å². The van der Waals surface area contributed by atoms with Crippen molar-refractivity contribution >= 4 is 23.6 Å². The lowest BCUT2D eigenvalue weighted by atomic mass is 9.98. The van der Waals surface area contributed by atoms with E-state index in [1.807, 2.05) is 45.9 Å². The molecule has 0 bridgehead atoms. The van der Waals surface area contributed by atoms with E-state index in [4.69, 9.17) is 4.74 Å². The topological polar surface area (TPSA) is 108 Å². The van der Waals surface area contributed by atoms with Crippen LogP contribution in [-0.2, 0) is 14.3 Å². The quantitative estimate of drug-likeness (QED) is 0.292. The molecular formula is C31H45N3O5.